The van der Waals surface area contributed by atoms with Crippen molar-refractivity contribution in [3.05, 3.63) is 0 Å². The Bertz CT molecular complexity index is 471. The highest BCUT2D eigenvalue weighted by atomic mass is 16.2. The fraction of sp³-hybridized carbons (Fsp3) is 0.889. The summed E-state index contributed by atoms with van der Waals surface area (Å²) in [7, 11) is 0. The van der Waals surface area contributed by atoms with Gasteiger partial charge in [-0.15, -0.1) is 0 Å². The third kappa shape index (κ3) is 3.25. The Morgan fingerprint density at radius 1 is 0.652 bits per heavy atom. The molecule has 4 fully saturated rings. The van der Waals surface area contributed by atoms with Crippen molar-refractivity contribution in [3.63, 3.8) is 0 Å². The van der Waals surface area contributed by atoms with Gasteiger partial charge in [0.1, 0.15) is 0 Å². The Hall–Kier alpha value is -1.10. The molecule has 5 heteroatoms. The lowest BCUT2D eigenvalue weighted by atomic mass is 9.96. The van der Waals surface area contributed by atoms with Gasteiger partial charge < -0.3 is 9.80 Å². The van der Waals surface area contributed by atoms with E-state index in [1.54, 1.807) is 0 Å². The first-order valence-corrected chi connectivity index (χ1v) is 9.54. The van der Waals surface area contributed by atoms with Crippen molar-refractivity contribution < 1.29 is 9.59 Å². The molecule has 1 aliphatic carbocycles. The highest BCUT2D eigenvalue weighted by molar-refractivity contribution is 5.83. The number of carbonyl (C=O) groups is 2. The van der Waals surface area contributed by atoms with E-state index in [4.69, 9.17) is 0 Å². The molecule has 0 unspecified atom stereocenters. The first kappa shape index (κ1) is 15.4. The molecule has 5 nitrogen and oxygen atoms in total. The van der Waals surface area contributed by atoms with Crippen molar-refractivity contribution in [1.82, 2.24) is 14.7 Å². The molecule has 0 N–H and O–H groups in total. The molecule has 0 spiro atoms. The lowest BCUT2D eigenvalue weighted by Gasteiger charge is -2.34. The van der Waals surface area contributed by atoms with Gasteiger partial charge in [0, 0.05) is 38.1 Å². The van der Waals surface area contributed by atoms with Crippen LogP contribution < -0.4 is 0 Å². The van der Waals surface area contributed by atoms with Gasteiger partial charge in [-0.05, 0) is 58.0 Å². The SMILES string of the molecule is O=C(C1CC1)N1CCC[C@@H](C(=O)N2CC[C@H](N3CCCC3)C2)C1. The summed E-state index contributed by atoms with van der Waals surface area (Å²) in [4.78, 5) is 31.8. The van der Waals surface area contributed by atoms with Crippen molar-refractivity contribution in [2.45, 2.75) is 51.0 Å². The van der Waals surface area contributed by atoms with Gasteiger partial charge in [-0.2, -0.15) is 0 Å². The van der Waals surface area contributed by atoms with Crippen LogP contribution in [0.4, 0.5) is 0 Å². The van der Waals surface area contributed by atoms with E-state index >= 15 is 0 Å². The van der Waals surface area contributed by atoms with Crippen LogP contribution in [0.2, 0.25) is 0 Å². The van der Waals surface area contributed by atoms with Crippen LogP contribution in [0.5, 0.6) is 0 Å². The van der Waals surface area contributed by atoms with Gasteiger partial charge in [-0.3, -0.25) is 14.5 Å². The highest BCUT2D eigenvalue weighted by Gasteiger charge is 2.39. The van der Waals surface area contributed by atoms with Crippen LogP contribution in [-0.4, -0.2) is 71.8 Å². The second kappa shape index (κ2) is 6.42. The minimum Gasteiger partial charge on any atom is -0.342 e. The third-order valence-electron chi connectivity index (χ3n) is 6.14. The van der Waals surface area contributed by atoms with Crippen molar-refractivity contribution in [3.8, 4) is 0 Å². The molecule has 0 aromatic carbocycles. The van der Waals surface area contributed by atoms with Crippen LogP contribution >= 0.6 is 0 Å². The molecule has 4 aliphatic rings. The predicted molar refractivity (Wildman–Crippen MR) is 87.8 cm³/mol. The van der Waals surface area contributed by atoms with E-state index in [1.807, 2.05) is 4.90 Å². The van der Waals surface area contributed by atoms with Crippen molar-refractivity contribution >= 4 is 11.8 Å². The first-order chi connectivity index (χ1) is 11.2. The lowest BCUT2D eigenvalue weighted by Crippen LogP contribution is -2.47. The molecule has 23 heavy (non-hydrogen) atoms. The maximum atomic E-state index is 12.9. The van der Waals surface area contributed by atoms with Gasteiger partial charge in [-0.1, -0.05) is 0 Å². The van der Waals surface area contributed by atoms with Crippen molar-refractivity contribution in [1.29, 1.82) is 0 Å². The minimum absolute atomic E-state index is 0.0452. The molecular formula is C18H29N3O2. The molecule has 2 amide bonds. The summed E-state index contributed by atoms with van der Waals surface area (Å²) in [6.07, 6.45) is 7.80. The molecular weight excluding hydrogens is 290 g/mol. The zero-order chi connectivity index (χ0) is 15.8. The summed E-state index contributed by atoms with van der Waals surface area (Å²) >= 11 is 0. The first-order valence-electron chi connectivity index (χ1n) is 9.54. The second-order valence-electron chi connectivity index (χ2n) is 7.87. The minimum atomic E-state index is 0.0452. The van der Waals surface area contributed by atoms with E-state index in [9.17, 15) is 9.59 Å². The summed E-state index contributed by atoms with van der Waals surface area (Å²) in [5.41, 5.74) is 0. The molecule has 0 aromatic rings. The van der Waals surface area contributed by atoms with E-state index in [2.05, 4.69) is 9.80 Å². The molecule has 4 rings (SSSR count). The molecule has 3 aliphatic heterocycles. The Balaban J connectivity index is 1.32. The zero-order valence-electron chi connectivity index (χ0n) is 14.1. The maximum absolute atomic E-state index is 12.9. The van der Waals surface area contributed by atoms with Gasteiger partial charge in [0.25, 0.3) is 0 Å². The van der Waals surface area contributed by atoms with Gasteiger partial charge in [0.05, 0.1) is 5.92 Å². The maximum Gasteiger partial charge on any atom is 0.227 e. The molecule has 1 saturated carbocycles. The zero-order valence-corrected chi connectivity index (χ0v) is 14.1. The van der Waals surface area contributed by atoms with Gasteiger partial charge in [-0.25, -0.2) is 0 Å². The normalized spacial score (nSPS) is 32.5. The Morgan fingerprint density at radius 2 is 1.35 bits per heavy atom. The van der Waals surface area contributed by atoms with E-state index < -0.39 is 0 Å². The number of rotatable bonds is 3. The molecule has 3 saturated heterocycles. The molecule has 2 atom stereocenters. The summed E-state index contributed by atoms with van der Waals surface area (Å²) in [6, 6.07) is 0.578. The van der Waals surface area contributed by atoms with Gasteiger partial charge in [0.2, 0.25) is 11.8 Å². The van der Waals surface area contributed by atoms with Crippen LogP contribution in [0.25, 0.3) is 0 Å². The standard InChI is InChI=1S/C18H29N3O2/c22-17(14-5-6-14)20-10-3-4-15(12-20)18(23)21-11-7-16(13-21)19-8-1-2-9-19/h14-16H,1-13H2/t15-,16+/m1/s1. The number of piperidine rings is 1. The Kier molecular flexibility index (Phi) is 4.31. The van der Waals surface area contributed by atoms with E-state index in [-0.39, 0.29) is 11.8 Å². The topological polar surface area (TPSA) is 43.9 Å². The van der Waals surface area contributed by atoms with Crippen LogP contribution in [0.1, 0.15) is 44.9 Å². The van der Waals surface area contributed by atoms with Crippen molar-refractivity contribution in [2.24, 2.45) is 11.8 Å². The third-order valence-corrected chi connectivity index (χ3v) is 6.14. The van der Waals surface area contributed by atoms with Crippen LogP contribution in [0.15, 0.2) is 0 Å². The van der Waals surface area contributed by atoms with E-state index in [0.29, 0.717) is 24.4 Å². The van der Waals surface area contributed by atoms with E-state index in [1.165, 1.54) is 25.9 Å². The average Bonchev–Trinajstić information content (AvgIpc) is 3.09. The molecule has 0 radical (unpaired) electrons. The molecule has 128 valence electrons. The quantitative estimate of drug-likeness (QED) is 0.788. The fourth-order valence-electron chi connectivity index (χ4n) is 4.57. The van der Waals surface area contributed by atoms with Crippen LogP contribution in [0.3, 0.4) is 0 Å². The second-order valence-corrected chi connectivity index (χ2v) is 7.87. The largest absolute Gasteiger partial charge is 0.342 e. The van der Waals surface area contributed by atoms with Gasteiger partial charge >= 0.3 is 0 Å². The van der Waals surface area contributed by atoms with E-state index in [0.717, 1.165) is 51.7 Å². The Labute approximate surface area is 139 Å². The number of hydrogen-bond donors (Lipinski definition) is 0. The summed E-state index contributed by atoms with van der Waals surface area (Å²) in [5.74, 6) is 0.929. The smallest absolute Gasteiger partial charge is 0.227 e. The molecule has 0 aromatic heterocycles. The summed E-state index contributed by atoms with van der Waals surface area (Å²) in [5, 5.41) is 0. The summed E-state index contributed by atoms with van der Waals surface area (Å²) < 4.78 is 0. The van der Waals surface area contributed by atoms with Gasteiger partial charge in [0.15, 0.2) is 0 Å². The number of hydrogen-bond acceptors (Lipinski definition) is 3. The fourth-order valence-corrected chi connectivity index (χ4v) is 4.57. The monoisotopic (exact) mass is 319 g/mol. The Morgan fingerprint density at radius 3 is 2.09 bits per heavy atom. The molecule has 3 heterocycles. The van der Waals surface area contributed by atoms with Crippen molar-refractivity contribution in [2.75, 3.05) is 39.3 Å². The van der Waals surface area contributed by atoms with Crippen LogP contribution in [0, 0.1) is 11.8 Å². The number of likely N-dealkylation sites (tertiary alicyclic amines) is 3. The molecule has 0 bridgehead atoms. The van der Waals surface area contributed by atoms with Crippen LogP contribution in [-0.2, 0) is 9.59 Å². The predicted octanol–water partition coefficient (Wildman–Crippen LogP) is 1.33. The average molecular weight is 319 g/mol. The lowest BCUT2D eigenvalue weighted by molar-refractivity contribution is -0.140. The number of carbonyl (C=O) groups excluding carboxylic acids is 2. The number of amides is 2. The highest BCUT2D eigenvalue weighted by Crippen LogP contribution is 2.33. The number of nitrogens with zero attached hydrogens (tertiary/aromatic N) is 3. The summed E-state index contributed by atoms with van der Waals surface area (Å²) in [6.45, 7) is 5.76.